The molecule has 6 nitrogen and oxygen atoms in total. The highest BCUT2D eigenvalue weighted by Gasteiger charge is 2.20. The normalized spacial score (nSPS) is 12.1. The predicted octanol–water partition coefficient (Wildman–Crippen LogP) is 2.58. The number of hydrogen-bond acceptors (Lipinski definition) is 5. The van der Waals surface area contributed by atoms with Crippen molar-refractivity contribution in [2.75, 3.05) is 13.7 Å². The van der Waals surface area contributed by atoms with Crippen LogP contribution in [0.1, 0.15) is 32.8 Å². The van der Waals surface area contributed by atoms with E-state index in [1.807, 2.05) is 31.3 Å². The molecule has 1 atom stereocenters. The molecule has 0 bridgehead atoms. The summed E-state index contributed by atoms with van der Waals surface area (Å²) in [5.74, 6) is -0.209. The predicted molar refractivity (Wildman–Crippen MR) is 96.7 cm³/mol. The third-order valence-corrected chi connectivity index (χ3v) is 4.69. The minimum Gasteiger partial charge on any atom is -0.382 e. The van der Waals surface area contributed by atoms with Crippen LogP contribution in [0.15, 0.2) is 48.0 Å². The second-order valence-electron chi connectivity index (χ2n) is 5.65. The van der Waals surface area contributed by atoms with E-state index in [1.54, 1.807) is 23.4 Å². The molecular weight excluding hydrogens is 336 g/mol. The number of carbonyl (C=O) groups is 1. The van der Waals surface area contributed by atoms with Gasteiger partial charge in [-0.1, -0.05) is 30.3 Å². The number of benzene rings is 1. The van der Waals surface area contributed by atoms with Crippen LogP contribution in [0, 0.1) is 0 Å². The third-order valence-electron chi connectivity index (χ3n) is 3.84. The fraction of sp³-hybridized carbons (Fsp3) is 0.278. The molecule has 0 saturated heterocycles. The summed E-state index contributed by atoms with van der Waals surface area (Å²) in [4.78, 5) is 17.0. The summed E-state index contributed by atoms with van der Waals surface area (Å²) in [5.41, 5.74) is 2.49. The van der Waals surface area contributed by atoms with Crippen LogP contribution >= 0.6 is 11.3 Å². The van der Waals surface area contributed by atoms with Gasteiger partial charge in [0, 0.05) is 32.2 Å². The van der Waals surface area contributed by atoms with Gasteiger partial charge in [-0.05, 0) is 11.6 Å². The van der Waals surface area contributed by atoms with Crippen LogP contribution in [0.2, 0.25) is 0 Å². The van der Waals surface area contributed by atoms with Crippen molar-refractivity contribution in [1.82, 2.24) is 20.1 Å². The number of ether oxygens (including phenoxy) is 1. The summed E-state index contributed by atoms with van der Waals surface area (Å²) in [6.07, 6.45) is 2.42. The van der Waals surface area contributed by atoms with Gasteiger partial charge in [-0.2, -0.15) is 5.10 Å². The molecule has 2 heterocycles. The van der Waals surface area contributed by atoms with E-state index in [0.717, 1.165) is 17.1 Å². The van der Waals surface area contributed by atoms with Crippen molar-refractivity contribution in [3.63, 3.8) is 0 Å². The van der Waals surface area contributed by atoms with Gasteiger partial charge in [-0.25, -0.2) is 4.98 Å². The van der Waals surface area contributed by atoms with Gasteiger partial charge in [-0.3, -0.25) is 9.48 Å². The number of carbonyl (C=O) groups excluding carboxylic acids is 1. The number of hydrogen-bond donors (Lipinski definition) is 1. The number of rotatable bonds is 7. The Labute approximate surface area is 150 Å². The first kappa shape index (κ1) is 17.3. The average Bonchev–Trinajstić information content (AvgIpc) is 3.24. The molecule has 0 aliphatic carbocycles. The van der Waals surface area contributed by atoms with Gasteiger partial charge in [0.15, 0.2) is 0 Å². The lowest BCUT2D eigenvalue weighted by atomic mass is 10.2. The molecule has 0 aliphatic heterocycles. The monoisotopic (exact) mass is 356 g/mol. The van der Waals surface area contributed by atoms with Crippen LogP contribution in [0.5, 0.6) is 0 Å². The number of thiazole rings is 1. The molecule has 3 aromatic rings. The molecule has 1 aromatic carbocycles. The Morgan fingerprint density at radius 3 is 2.80 bits per heavy atom. The quantitative estimate of drug-likeness (QED) is 0.706. The zero-order valence-electron chi connectivity index (χ0n) is 14.2. The second kappa shape index (κ2) is 8.04. The Kier molecular flexibility index (Phi) is 5.57. The first-order chi connectivity index (χ1) is 12.2. The molecule has 7 heteroatoms. The number of amides is 1. The first-order valence-electron chi connectivity index (χ1n) is 7.93. The molecule has 0 fully saturated rings. The van der Waals surface area contributed by atoms with Crippen molar-refractivity contribution < 1.29 is 9.53 Å². The van der Waals surface area contributed by atoms with Crippen LogP contribution in [0.25, 0.3) is 0 Å². The van der Waals surface area contributed by atoms with Crippen molar-refractivity contribution in [2.24, 2.45) is 7.05 Å². The van der Waals surface area contributed by atoms with Crippen LogP contribution in [0.4, 0.5) is 0 Å². The minimum absolute atomic E-state index is 0.209. The zero-order valence-corrected chi connectivity index (χ0v) is 15.0. The van der Waals surface area contributed by atoms with Crippen LogP contribution in [-0.4, -0.2) is 34.4 Å². The van der Waals surface area contributed by atoms with Crippen molar-refractivity contribution in [3.8, 4) is 0 Å². The second-order valence-corrected chi connectivity index (χ2v) is 6.59. The first-order valence-corrected chi connectivity index (χ1v) is 8.81. The average molecular weight is 356 g/mol. The maximum Gasteiger partial charge on any atom is 0.271 e. The van der Waals surface area contributed by atoms with Gasteiger partial charge in [0.25, 0.3) is 5.91 Å². The highest BCUT2D eigenvalue weighted by Crippen LogP contribution is 2.17. The lowest BCUT2D eigenvalue weighted by molar-refractivity contribution is 0.0888. The van der Waals surface area contributed by atoms with E-state index in [0.29, 0.717) is 12.3 Å². The smallest absolute Gasteiger partial charge is 0.271 e. The summed E-state index contributed by atoms with van der Waals surface area (Å²) in [7, 11) is 3.45. The van der Waals surface area contributed by atoms with Gasteiger partial charge in [0.2, 0.25) is 0 Å². The van der Waals surface area contributed by atoms with E-state index < -0.39 is 0 Å². The number of aryl methyl sites for hydroxylation is 1. The lowest BCUT2D eigenvalue weighted by Gasteiger charge is -2.17. The Morgan fingerprint density at radius 2 is 2.12 bits per heavy atom. The van der Waals surface area contributed by atoms with Crippen molar-refractivity contribution in [1.29, 1.82) is 0 Å². The molecule has 0 saturated carbocycles. The Hall–Kier alpha value is -2.51. The lowest BCUT2D eigenvalue weighted by Crippen LogP contribution is -2.32. The van der Waals surface area contributed by atoms with Gasteiger partial charge >= 0.3 is 0 Å². The fourth-order valence-corrected chi connectivity index (χ4v) is 3.40. The van der Waals surface area contributed by atoms with Crippen molar-refractivity contribution in [2.45, 2.75) is 12.5 Å². The molecule has 0 spiro atoms. The molecule has 3 rings (SSSR count). The van der Waals surface area contributed by atoms with Gasteiger partial charge in [0.1, 0.15) is 5.69 Å². The molecule has 0 radical (unpaired) electrons. The van der Waals surface area contributed by atoms with Crippen LogP contribution in [-0.2, 0) is 18.2 Å². The maximum atomic E-state index is 12.6. The molecule has 1 amide bonds. The van der Waals surface area contributed by atoms with E-state index in [1.165, 1.54) is 16.9 Å². The van der Waals surface area contributed by atoms with Crippen LogP contribution < -0.4 is 5.32 Å². The standard InChI is InChI=1S/C18H20N4O2S/c1-22-16(8-9-19-22)14(11-24-2)21-18(23)15-12-25-17(20-15)10-13-6-4-3-5-7-13/h3-9,12,14H,10-11H2,1-2H3,(H,21,23). The topological polar surface area (TPSA) is 69.0 Å². The molecular formula is C18H20N4O2S. The highest BCUT2D eigenvalue weighted by molar-refractivity contribution is 7.09. The summed E-state index contributed by atoms with van der Waals surface area (Å²) in [6.45, 7) is 0.367. The summed E-state index contributed by atoms with van der Waals surface area (Å²) >= 11 is 1.49. The SMILES string of the molecule is COCC(NC(=O)c1csc(Cc2ccccc2)n1)c1ccnn1C. The summed E-state index contributed by atoms with van der Waals surface area (Å²) < 4.78 is 6.96. The number of methoxy groups -OCH3 is 1. The number of nitrogens with zero attached hydrogens (tertiary/aromatic N) is 3. The molecule has 2 aromatic heterocycles. The molecule has 25 heavy (non-hydrogen) atoms. The number of aromatic nitrogens is 3. The minimum atomic E-state index is -0.274. The van der Waals surface area contributed by atoms with Gasteiger partial charge < -0.3 is 10.1 Å². The Morgan fingerprint density at radius 1 is 1.32 bits per heavy atom. The molecule has 130 valence electrons. The highest BCUT2D eigenvalue weighted by atomic mass is 32.1. The van der Waals surface area contributed by atoms with Crippen LogP contribution in [0.3, 0.4) is 0 Å². The van der Waals surface area contributed by atoms with E-state index in [-0.39, 0.29) is 11.9 Å². The van der Waals surface area contributed by atoms with E-state index in [9.17, 15) is 4.79 Å². The maximum absolute atomic E-state index is 12.6. The largest absolute Gasteiger partial charge is 0.382 e. The Balaban J connectivity index is 1.69. The summed E-state index contributed by atoms with van der Waals surface area (Å²) in [5, 5.41) is 9.83. The van der Waals surface area contributed by atoms with E-state index in [4.69, 9.17) is 4.74 Å². The van der Waals surface area contributed by atoms with E-state index >= 15 is 0 Å². The van der Waals surface area contributed by atoms with Crippen molar-refractivity contribution in [3.05, 3.63) is 69.9 Å². The van der Waals surface area contributed by atoms with Gasteiger partial charge in [0.05, 0.1) is 23.4 Å². The molecule has 1 unspecified atom stereocenters. The van der Waals surface area contributed by atoms with E-state index in [2.05, 4.69) is 27.5 Å². The van der Waals surface area contributed by atoms with Crippen molar-refractivity contribution >= 4 is 17.2 Å². The number of nitrogens with one attached hydrogen (secondary N) is 1. The fourth-order valence-electron chi connectivity index (χ4n) is 2.59. The third kappa shape index (κ3) is 4.32. The summed E-state index contributed by atoms with van der Waals surface area (Å²) in [6, 6.07) is 11.7. The Bertz CT molecular complexity index is 828. The van der Waals surface area contributed by atoms with Gasteiger partial charge in [-0.15, -0.1) is 11.3 Å². The zero-order chi connectivity index (χ0) is 17.6. The molecule has 1 N–H and O–H groups in total. The molecule has 0 aliphatic rings.